The predicted octanol–water partition coefficient (Wildman–Crippen LogP) is 1.63. The minimum absolute atomic E-state index is 0.0309. The van der Waals surface area contributed by atoms with Gasteiger partial charge in [-0.2, -0.15) is 0 Å². The van der Waals surface area contributed by atoms with Crippen LogP contribution in [-0.4, -0.2) is 34.9 Å². The summed E-state index contributed by atoms with van der Waals surface area (Å²) in [6.07, 6.45) is 0.969. The zero-order chi connectivity index (χ0) is 15.5. The van der Waals surface area contributed by atoms with E-state index >= 15 is 0 Å². The molecule has 0 saturated heterocycles. The fourth-order valence-electron chi connectivity index (χ4n) is 3.32. The maximum Gasteiger partial charge on any atom is 0.224 e. The molecule has 0 heterocycles. The lowest BCUT2D eigenvalue weighted by molar-refractivity contribution is -0.121. The normalized spacial score (nSPS) is 24.5. The minimum atomic E-state index is -0.521. The van der Waals surface area contributed by atoms with Gasteiger partial charge in [-0.15, -0.1) is 0 Å². The Morgan fingerprint density at radius 3 is 2.68 bits per heavy atom. The average Bonchev–Trinajstić information content (AvgIpc) is 2.87. The molecule has 0 spiro atoms. The van der Waals surface area contributed by atoms with Gasteiger partial charge in [-0.3, -0.25) is 4.79 Å². The van der Waals surface area contributed by atoms with E-state index in [0.29, 0.717) is 19.3 Å². The molecule has 3 atom stereocenters. The summed E-state index contributed by atoms with van der Waals surface area (Å²) >= 11 is 0. The molecule has 1 aliphatic rings. The van der Waals surface area contributed by atoms with Crippen molar-refractivity contribution in [2.75, 3.05) is 6.61 Å². The number of fused-ring (bicyclic) bond motifs is 1. The Hall–Kier alpha value is -1.91. The van der Waals surface area contributed by atoms with Crippen molar-refractivity contribution < 1.29 is 15.0 Å². The molecular weight excluding hydrogens is 278 g/mol. The number of hydrogen-bond donors (Lipinski definition) is 3. The van der Waals surface area contributed by atoms with Crippen molar-refractivity contribution in [3.8, 4) is 0 Å². The van der Waals surface area contributed by atoms with Crippen molar-refractivity contribution in [1.82, 2.24) is 5.32 Å². The molecule has 2 aromatic carbocycles. The van der Waals surface area contributed by atoms with Gasteiger partial charge >= 0.3 is 0 Å². The van der Waals surface area contributed by atoms with E-state index in [1.807, 2.05) is 42.5 Å². The van der Waals surface area contributed by atoms with E-state index in [9.17, 15) is 9.90 Å². The van der Waals surface area contributed by atoms with Crippen molar-refractivity contribution in [2.45, 2.75) is 31.4 Å². The molecule has 0 bridgehead atoms. The lowest BCUT2D eigenvalue weighted by atomic mass is 10.0. The van der Waals surface area contributed by atoms with Crippen LogP contribution in [0.3, 0.4) is 0 Å². The van der Waals surface area contributed by atoms with Gasteiger partial charge in [-0.1, -0.05) is 42.5 Å². The zero-order valence-electron chi connectivity index (χ0n) is 12.4. The van der Waals surface area contributed by atoms with Gasteiger partial charge in [0.25, 0.3) is 0 Å². The number of nitrogens with one attached hydrogen (secondary N) is 1. The summed E-state index contributed by atoms with van der Waals surface area (Å²) in [5.41, 5.74) is 1.01. The highest BCUT2D eigenvalue weighted by atomic mass is 16.3. The van der Waals surface area contributed by atoms with Gasteiger partial charge in [0.2, 0.25) is 5.91 Å². The Kier molecular flexibility index (Phi) is 4.41. The second kappa shape index (κ2) is 6.46. The van der Waals surface area contributed by atoms with Crippen LogP contribution >= 0.6 is 0 Å². The first-order valence-corrected chi connectivity index (χ1v) is 7.72. The third-order valence-electron chi connectivity index (χ3n) is 4.49. The van der Waals surface area contributed by atoms with Gasteiger partial charge in [0.05, 0.1) is 12.5 Å². The van der Waals surface area contributed by atoms with E-state index in [1.165, 1.54) is 0 Å². The van der Waals surface area contributed by atoms with Crippen molar-refractivity contribution >= 4 is 16.7 Å². The molecule has 1 aliphatic carbocycles. The Balaban J connectivity index is 1.67. The molecule has 0 unspecified atom stereocenters. The number of carbonyl (C=O) groups excluding carboxylic acids is 1. The number of aliphatic hydroxyl groups excluding tert-OH is 2. The van der Waals surface area contributed by atoms with Gasteiger partial charge in [-0.05, 0) is 29.2 Å². The van der Waals surface area contributed by atoms with Crippen LogP contribution in [0.5, 0.6) is 0 Å². The van der Waals surface area contributed by atoms with E-state index in [4.69, 9.17) is 5.11 Å². The van der Waals surface area contributed by atoms with Gasteiger partial charge < -0.3 is 15.5 Å². The van der Waals surface area contributed by atoms with Crippen LogP contribution < -0.4 is 5.32 Å². The Morgan fingerprint density at radius 1 is 1.14 bits per heavy atom. The van der Waals surface area contributed by atoms with Gasteiger partial charge in [0.1, 0.15) is 0 Å². The molecule has 3 rings (SSSR count). The summed E-state index contributed by atoms with van der Waals surface area (Å²) in [6, 6.07) is 14.0. The number of aliphatic hydroxyl groups is 2. The molecule has 2 aromatic rings. The molecule has 1 saturated carbocycles. The van der Waals surface area contributed by atoms with Crippen LogP contribution in [0.2, 0.25) is 0 Å². The number of amides is 1. The average molecular weight is 299 g/mol. The molecule has 116 valence electrons. The summed E-state index contributed by atoms with van der Waals surface area (Å²) < 4.78 is 0. The molecule has 1 amide bonds. The number of benzene rings is 2. The highest BCUT2D eigenvalue weighted by molar-refractivity contribution is 5.90. The third kappa shape index (κ3) is 3.13. The lowest BCUT2D eigenvalue weighted by Crippen LogP contribution is -2.34. The molecule has 4 heteroatoms. The van der Waals surface area contributed by atoms with Crippen molar-refractivity contribution in [1.29, 1.82) is 0 Å². The fourth-order valence-corrected chi connectivity index (χ4v) is 3.32. The smallest absolute Gasteiger partial charge is 0.224 e. The SMILES string of the molecule is O=C(Cc1cccc2ccccc12)N[C@@H]1C[C@@H](CO)[C@H](O)C1. The zero-order valence-corrected chi connectivity index (χ0v) is 12.4. The second-order valence-electron chi connectivity index (χ2n) is 6.06. The topological polar surface area (TPSA) is 69.6 Å². The van der Waals surface area contributed by atoms with Crippen molar-refractivity contribution in [3.05, 3.63) is 48.0 Å². The Morgan fingerprint density at radius 2 is 1.91 bits per heavy atom. The summed E-state index contributed by atoms with van der Waals surface area (Å²) in [5.74, 6) is -0.157. The highest BCUT2D eigenvalue weighted by Gasteiger charge is 2.33. The van der Waals surface area contributed by atoms with Crippen molar-refractivity contribution in [3.63, 3.8) is 0 Å². The van der Waals surface area contributed by atoms with Gasteiger partial charge in [-0.25, -0.2) is 0 Å². The molecule has 4 nitrogen and oxygen atoms in total. The molecule has 0 radical (unpaired) electrons. The number of rotatable bonds is 4. The standard InChI is InChI=1S/C18H21NO3/c20-11-14-8-15(10-17(14)21)19-18(22)9-13-6-3-5-12-4-1-2-7-16(12)13/h1-7,14-15,17,20-21H,8-11H2,(H,19,22)/t14-,15+,17+/m0/s1. The quantitative estimate of drug-likeness (QED) is 0.803. The number of carbonyl (C=O) groups is 1. The van der Waals surface area contributed by atoms with Gasteiger partial charge in [0, 0.05) is 18.6 Å². The molecule has 22 heavy (non-hydrogen) atoms. The van der Waals surface area contributed by atoms with E-state index in [2.05, 4.69) is 5.32 Å². The fraction of sp³-hybridized carbons (Fsp3) is 0.389. The Labute approximate surface area is 129 Å². The minimum Gasteiger partial charge on any atom is -0.396 e. The first-order chi connectivity index (χ1) is 10.7. The van der Waals surface area contributed by atoms with Crippen molar-refractivity contribution in [2.24, 2.45) is 5.92 Å². The van der Waals surface area contributed by atoms with Crippen LogP contribution in [0.4, 0.5) is 0 Å². The molecule has 0 aromatic heterocycles. The second-order valence-corrected chi connectivity index (χ2v) is 6.06. The summed E-state index contributed by atoms with van der Waals surface area (Å²) in [6.45, 7) is -0.0309. The lowest BCUT2D eigenvalue weighted by Gasteiger charge is -2.13. The molecule has 1 fully saturated rings. The van der Waals surface area contributed by atoms with E-state index in [-0.39, 0.29) is 24.5 Å². The van der Waals surface area contributed by atoms with Crippen LogP contribution in [0.1, 0.15) is 18.4 Å². The molecule has 0 aliphatic heterocycles. The predicted molar refractivity (Wildman–Crippen MR) is 85.4 cm³/mol. The van der Waals surface area contributed by atoms with Crippen LogP contribution in [0, 0.1) is 5.92 Å². The first kappa shape index (κ1) is 15.0. The molecule has 3 N–H and O–H groups in total. The highest BCUT2D eigenvalue weighted by Crippen LogP contribution is 2.26. The van der Waals surface area contributed by atoms with Gasteiger partial charge in [0.15, 0.2) is 0 Å². The monoisotopic (exact) mass is 299 g/mol. The van der Waals surface area contributed by atoms with E-state index < -0.39 is 6.10 Å². The van der Waals surface area contributed by atoms with Crippen LogP contribution in [0.25, 0.3) is 10.8 Å². The van der Waals surface area contributed by atoms with Crippen LogP contribution in [-0.2, 0) is 11.2 Å². The summed E-state index contributed by atoms with van der Waals surface area (Å²) in [5, 5.41) is 24.2. The number of hydrogen-bond acceptors (Lipinski definition) is 3. The van der Waals surface area contributed by atoms with E-state index in [0.717, 1.165) is 16.3 Å². The summed E-state index contributed by atoms with van der Waals surface area (Å²) in [4.78, 5) is 12.3. The maximum atomic E-state index is 12.3. The van der Waals surface area contributed by atoms with E-state index in [1.54, 1.807) is 0 Å². The van der Waals surface area contributed by atoms with Crippen LogP contribution in [0.15, 0.2) is 42.5 Å². The summed E-state index contributed by atoms with van der Waals surface area (Å²) in [7, 11) is 0. The first-order valence-electron chi connectivity index (χ1n) is 7.72. The molecular formula is C18H21NO3. The largest absolute Gasteiger partial charge is 0.396 e. The Bertz CT molecular complexity index is 665. The third-order valence-corrected chi connectivity index (χ3v) is 4.49. The maximum absolute atomic E-state index is 12.3.